The highest BCUT2D eigenvalue weighted by atomic mass is 16.1. The van der Waals surface area contributed by atoms with E-state index in [0.717, 1.165) is 11.4 Å². The Morgan fingerprint density at radius 1 is 1.20 bits per heavy atom. The van der Waals surface area contributed by atoms with E-state index in [0.29, 0.717) is 12.1 Å². The fourth-order valence-electron chi connectivity index (χ4n) is 1.60. The van der Waals surface area contributed by atoms with Crippen LogP contribution in [0, 0.1) is 11.3 Å². The zero-order valence-corrected chi connectivity index (χ0v) is 10.8. The fourth-order valence-corrected chi connectivity index (χ4v) is 1.60. The number of carbonyl (C=O) groups excluding carboxylic acids is 1. The first kappa shape index (κ1) is 13.6. The van der Waals surface area contributed by atoms with Gasteiger partial charge in [-0.15, -0.1) is 0 Å². The Morgan fingerprint density at radius 2 is 2.00 bits per heavy atom. The SMILES string of the molecule is N#Cc1ccc(NCC(=O)NCc2ccccn2)cc1. The smallest absolute Gasteiger partial charge is 0.239 e. The number of nitrogens with zero attached hydrogens (tertiary/aromatic N) is 2. The second-order valence-corrected chi connectivity index (χ2v) is 4.14. The zero-order chi connectivity index (χ0) is 14.2. The van der Waals surface area contributed by atoms with Gasteiger partial charge in [-0.2, -0.15) is 5.26 Å². The molecule has 0 unspecified atom stereocenters. The number of rotatable bonds is 5. The van der Waals surface area contributed by atoms with Gasteiger partial charge in [-0.25, -0.2) is 0 Å². The minimum Gasteiger partial charge on any atom is -0.376 e. The van der Waals surface area contributed by atoms with E-state index in [-0.39, 0.29) is 12.5 Å². The minimum atomic E-state index is -0.111. The molecule has 0 radical (unpaired) electrons. The third-order valence-corrected chi connectivity index (χ3v) is 2.66. The van der Waals surface area contributed by atoms with Crippen LogP contribution in [0.15, 0.2) is 48.7 Å². The molecule has 5 heteroatoms. The quantitative estimate of drug-likeness (QED) is 0.863. The van der Waals surface area contributed by atoms with Crippen molar-refractivity contribution in [2.45, 2.75) is 6.54 Å². The van der Waals surface area contributed by atoms with Gasteiger partial charge in [0.05, 0.1) is 30.4 Å². The van der Waals surface area contributed by atoms with Gasteiger partial charge < -0.3 is 10.6 Å². The molecule has 0 aliphatic rings. The number of amides is 1. The fraction of sp³-hybridized carbons (Fsp3) is 0.133. The number of nitrogens with one attached hydrogen (secondary N) is 2. The number of carbonyl (C=O) groups is 1. The molecule has 0 saturated carbocycles. The van der Waals surface area contributed by atoms with Gasteiger partial charge in [0.2, 0.25) is 5.91 Å². The van der Waals surface area contributed by atoms with Crippen molar-refractivity contribution in [3.63, 3.8) is 0 Å². The molecular weight excluding hydrogens is 252 g/mol. The van der Waals surface area contributed by atoms with Crippen LogP contribution in [-0.2, 0) is 11.3 Å². The van der Waals surface area contributed by atoms with E-state index >= 15 is 0 Å². The summed E-state index contributed by atoms with van der Waals surface area (Å²) in [5.41, 5.74) is 2.21. The number of nitriles is 1. The Balaban J connectivity index is 1.76. The molecule has 2 rings (SSSR count). The summed E-state index contributed by atoms with van der Waals surface area (Å²) >= 11 is 0. The van der Waals surface area contributed by atoms with E-state index in [4.69, 9.17) is 5.26 Å². The summed E-state index contributed by atoms with van der Waals surface area (Å²) in [6.45, 7) is 0.591. The molecule has 20 heavy (non-hydrogen) atoms. The molecule has 1 heterocycles. The van der Waals surface area contributed by atoms with Crippen molar-refractivity contribution in [3.05, 3.63) is 59.9 Å². The lowest BCUT2D eigenvalue weighted by molar-refractivity contribution is -0.119. The van der Waals surface area contributed by atoms with Crippen molar-refractivity contribution < 1.29 is 4.79 Å². The van der Waals surface area contributed by atoms with Crippen LogP contribution in [0.5, 0.6) is 0 Å². The number of pyridine rings is 1. The summed E-state index contributed by atoms with van der Waals surface area (Å²) in [6, 6.07) is 14.6. The van der Waals surface area contributed by atoms with Crippen LogP contribution in [0.1, 0.15) is 11.3 Å². The van der Waals surface area contributed by atoms with Crippen molar-refractivity contribution in [2.75, 3.05) is 11.9 Å². The van der Waals surface area contributed by atoms with Crippen LogP contribution < -0.4 is 10.6 Å². The highest BCUT2D eigenvalue weighted by molar-refractivity contribution is 5.80. The molecule has 0 atom stereocenters. The third-order valence-electron chi connectivity index (χ3n) is 2.66. The summed E-state index contributed by atoms with van der Waals surface area (Å²) in [4.78, 5) is 15.8. The molecule has 0 aliphatic heterocycles. The summed E-state index contributed by atoms with van der Waals surface area (Å²) in [5, 5.41) is 14.4. The number of aromatic nitrogens is 1. The molecule has 1 aromatic carbocycles. The van der Waals surface area contributed by atoms with E-state index in [1.54, 1.807) is 30.5 Å². The Labute approximate surface area is 117 Å². The molecule has 1 aromatic heterocycles. The monoisotopic (exact) mass is 266 g/mol. The average Bonchev–Trinajstić information content (AvgIpc) is 2.52. The topological polar surface area (TPSA) is 77.8 Å². The maximum Gasteiger partial charge on any atom is 0.239 e. The molecule has 0 spiro atoms. The molecule has 5 nitrogen and oxygen atoms in total. The first-order valence-electron chi connectivity index (χ1n) is 6.18. The third kappa shape index (κ3) is 4.10. The van der Waals surface area contributed by atoms with Gasteiger partial charge in [-0.3, -0.25) is 9.78 Å². The minimum absolute atomic E-state index is 0.111. The van der Waals surface area contributed by atoms with Crippen LogP contribution in [0.4, 0.5) is 5.69 Å². The summed E-state index contributed by atoms with van der Waals surface area (Å²) in [7, 11) is 0. The second kappa shape index (κ2) is 6.90. The predicted molar refractivity (Wildman–Crippen MR) is 75.7 cm³/mol. The number of hydrogen-bond acceptors (Lipinski definition) is 4. The van der Waals surface area contributed by atoms with E-state index in [2.05, 4.69) is 15.6 Å². The van der Waals surface area contributed by atoms with Crippen LogP contribution in [0.3, 0.4) is 0 Å². The molecular formula is C15H14N4O. The highest BCUT2D eigenvalue weighted by Crippen LogP contribution is 2.07. The molecule has 0 bridgehead atoms. The van der Waals surface area contributed by atoms with Gasteiger partial charge in [0, 0.05) is 11.9 Å². The van der Waals surface area contributed by atoms with Gasteiger partial charge in [-0.05, 0) is 36.4 Å². The molecule has 2 N–H and O–H groups in total. The van der Waals surface area contributed by atoms with Gasteiger partial charge in [0.25, 0.3) is 0 Å². The lowest BCUT2D eigenvalue weighted by atomic mass is 10.2. The van der Waals surface area contributed by atoms with Crippen LogP contribution in [0.25, 0.3) is 0 Å². The molecule has 100 valence electrons. The Morgan fingerprint density at radius 3 is 2.65 bits per heavy atom. The summed E-state index contributed by atoms with van der Waals surface area (Å²) in [6.07, 6.45) is 1.69. The molecule has 0 aliphatic carbocycles. The lowest BCUT2D eigenvalue weighted by Crippen LogP contribution is -2.29. The molecule has 0 saturated heterocycles. The first-order chi connectivity index (χ1) is 9.78. The van der Waals surface area contributed by atoms with E-state index in [1.165, 1.54) is 0 Å². The van der Waals surface area contributed by atoms with E-state index in [1.807, 2.05) is 24.3 Å². The average molecular weight is 266 g/mol. The first-order valence-corrected chi connectivity index (χ1v) is 6.18. The Kier molecular flexibility index (Phi) is 4.68. The van der Waals surface area contributed by atoms with Crippen molar-refractivity contribution in [3.8, 4) is 6.07 Å². The van der Waals surface area contributed by atoms with Gasteiger partial charge in [0.15, 0.2) is 0 Å². The Hall–Kier alpha value is -2.87. The van der Waals surface area contributed by atoms with Gasteiger partial charge >= 0.3 is 0 Å². The maximum atomic E-state index is 11.7. The summed E-state index contributed by atoms with van der Waals surface area (Å²) in [5.74, 6) is -0.111. The van der Waals surface area contributed by atoms with Gasteiger partial charge in [-0.1, -0.05) is 6.07 Å². The van der Waals surface area contributed by atoms with Crippen LogP contribution in [-0.4, -0.2) is 17.4 Å². The molecule has 2 aromatic rings. The largest absolute Gasteiger partial charge is 0.376 e. The Bertz CT molecular complexity index is 602. The number of benzene rings is 1. The number of anilines is 1. The summed E-state index contributed by atoms with van der Waals surface area (Å²) < 4.78 is 0. The van der Waals surface area contributed by atoms with Crippen molar-refractivity contribution in [2.24, 2.45) is 0 Å². The highest BCUT2D eigenvalue weighted by Gasteiger charge is 2.01. The normalized spacial score (nSPS) is 9.55. The van der Waals surface area contributed by atoms with Crippen molar-refractivity contribution in [1.82, 2.24) is 10.3 Å². The number of hydrogen-bond donors (Lipinski definition) is 2. The second-order valence-electron chi connectivity index (χ2n) is 4.14. The molecule has 0 fully saturated rings. The van der Waals surface area contributed by atoms with E-state index < -0.39 is 0 Å². The van der Waals surface area contributed by atoms with Crippen LogP contribution in [0.2, 0.25) is 0 Å². The van der Waals surface area contributed by atoms with Crippen molar-refractivity contribution >= 4 is 11.6 Å². The van der Waals surface area contributed by atoms with Gasteiger partial charge in [0.1, 0.15) is 0 Å². The zero-order valence-electron chi connectivity index (χ0n) is 10.8. The predicted octanol–water partition coefficient (Wildman–Crippen LogP) is 1.68. The van der Waals surface area contributed by atoms with E-state index in [9.17, 15) is 4.79 Å². The van der Waals surface area contributed by atoms with Crippen molar-refractivity contribution in [1.29, 1.82) is 5.26 Å². The maximum absolute atomic E-state index is 11.7. The standard InChI is InChI=1S/C15H14N4O/c16-9-12-4-6-13(7-5-12)18-11-15(20)19-10-14-3-1-2-8-17-14/h1-8,18H,10-11H2,(H,19,20). The lowest BCUT2D eigenvalue weighted by Gasteiger charge is -2.07. The molecule has 1 amide bonds. The van der Waals surface area contributed by atoms with Crippen LogP contribution >= 0.6 is 0 Å².